The number of nitrogens with zero attached hydrogens (tertiary/aromatic N) is 3. The Morgan fingerprint density at radius 1 is 1.35 bits per heavy atom. The van der Waals surface area contributed by atoms with Crippen molar-refractivity contribution in [3.05, 3.63) is 47.7 Å². The number of carbonyl (C=O) groups is 2. The van der Waals surface area contributed by atoms with Gasteiger partial charge in [-0.25, -0.2) is 9.78 Å². The van der Waals surface area contributed by atoms with Gasteiger partial charge in [-0.15, -0.1) is 0 Å². The molecule has 0 saturated heterocycles. The third-order valence-electron chi connectivity index (χ3n) is 6.09. The first-order valence-electron chi connectivity index (χ1n) is 12.1. The number of nitrogens with one attached hydrogen (secondary N) is 1. The van der Waals surface area contributed by atoms with Crippen molar-refractivity contribution in [3.63, 3.8) is 0 Å². The Morgan fingerprint density at radius 2 is 2.05 bits per heavy atom. The van der Waals surface area contributed by atoms with Gasteiger partial charge in [0.05, 0.1) is 26.3 Å². The van der Waals surface area contributed by atoms with Crippen LogP contribution >= 0.6 is 0 Å². The number of hydrogen-bond donors (Lipinski definition) is 3. The van der Waals surface area contributed by atoms with Crippen LogP contribution in [0.3, 0.4) is 0 Å². The summed E-state index contributed by atoms with van der Waals surface area (Å²) in [5.74, 6) is 5.74. The van der Waals surface area contributed by atoms with Crippen LogP contribution in [0.15, 0.2) is 36.5 Å². The molecule has 0 aliphatic carbocycles. The molecule has 1 aliphatic rings. The van der Waals surface area contributed by atoms with Crippen molar-refractivity contribution in [2.24, 2.45) is 5.92 Å². The number of ether oxygens (including phenoxy) is 2. The van der Waals surface area contributed by atoms with E-state index in [9.17, 15) is 19.8 Å². The quantitative estimate of drug-likeness (QED) is 0.509. The highest BCUT2D eigenvalue weighted by molar-refractivity contribution is 5.97. The molecule has 3 N–H and O–H groups in total. The van der Waals surface area contributed by atoms with Gasteiger partial charge >= 0.3 is 6.03 Å². The molecule has 0 spiro atoms. The number of pyridine rings is 1. The fraction of sp³-hybridized carbons (Fsp3) is 0.444. The smallest absolute Gasteiger partial charge is 0.321 e. The first kappa shape index (κ1) is 27.8. The third kappa shape index (κ3) is 7.12. The van der Waals surface area contributed by atoms with E-state index < -0.39 is 18.2 Å². The van der Waals surface area contributed by atoms with Crippen LogP contribution in [0.5, 0.6) is 11.6 Å². The van der Waals surface area contributed by atoms with Crippen LogP contribution < -0.4 is 14.8 Å². The Labute approximate surface area is 217 Å². The van der Waals surface area contributed by atoms with Crippen molar-refractivity contribution in [2.45, 2.75) is 39.0 Å². The number of fused-ring (bicyclic) bond motifs is 1. The first-order valence-corrected chi connectivity index (χ1v) is 12.1. The molecule has 3 amide bonds. The standard InChI is InChI=1S/C27H34N4O6/c1-17-14-31(18(2)16-32)26(34)23-12-20(7-6-19(3)33)13-28-25(23)37-24(17)15-30(4)27(35)29-21-8-10-22(36-5)11-9-21/h8-13,17-19,24,32-33H,14-16H2,1-5H3,(H,29,35)/t17-,18-,19-,24+/m0/s1. The lowest BCUT2D eigenvalue weighted by Crippen LogP contribution is -2.50. The van der Waals surface area contributed by atoms with E-state index in [-0.39, 0.29) is 42.5 Å². The van der Waals surface area contributed by atoms with E-state index in [1.165, 1.54) is 11.1 Å². The molecule has 4 atom stereocenters. The summed E-state index contributed by atoms with van der Waals surface area (Å²) in [6.07, 6.45) is 0.156. The maximum atomic E-state index is 13.4. The fourth-order valence-electron chi connectivity index (χ4n) is 3.82. The number of aromatic nitrogens is 1. The highest BCUT2D eigenvalue weighted by Gasteiger charge is 2.34. The number of hydrogen-bond acceptors (Lipinski definition) is 7. The maximum Gasteiger partial charge on any atom is 0.321 e. The third-order valence-corrected chi connectivity index (χ3v) is 6.09. The van der Waals surface area contributed by atoms with Gasteiger partial charge in [0, 0.05) is 37.0 Å². The van der Waals surface area contributed by atoms with E-state index in [1.807, 2.05) is 6.92 Å². The highest BCUT2D eigenvalue weighted by atomic mass is 16.5. The molecule has 0 saturated carbocycles. The van der Waals surface area contributed by atoms with E-state index in [2.05, 4.69) is 22.1 Å². The summed E-state index contributed by atoms with van der Waals surface area (Å²) < 4.78 is 11.4. The number of aliphatic hydroxyl groups is 2. The Morgan fingerprint density at radius 3 is 2.68 bits per heavy atom. The van der Waals surface area contributed by atoms with Gasteiger partial charge in [-0.2, -0.15) is 0 Å². The van der Waals surface area contributed by atoms with E-state index in [4.69, 9.17) is 9.47 Å². The number of methoxy groups -OCH3 is 1. The van der Waals surface area contributed by atoms with Gasteiger partial charge < -0.3 is 34.8 Å². The van der Waals surface area contributed by atoms with E-state index >= 15 is 0 Å². The van der Waals surface area contributed by atoms with Crippen molar-refractivity contribution in [1.29, 1.82) is 0 Å². The number of anilines is 1. The number of likely N-dealkylation sites (N-methyl/N-ethyl adjacent to an activating group) is 1. The summed E-state index contributed by atoms with van der Waals surface area (Å²) in [5.41, 5.74) is 1.28. The number of rotatable bonds is 6. The van der Waals surface area contributed by atoms with Crippen LogP contribution in [0.25, 0.3) is 0 Å². The number of aliphatic hydroxyl groups excluding tert-OH is 2. The molecule has 2 aromatic rings. The van der Waals surface area contributed by atoms with Gasteiger partial charge in [-0.3, -0.25) is 4.79 Å². The van der Waals surface area contributed by atoms with Gasteiger partial charge in [-0.05, 0) is 44.2 Å². The second-order valence-corrected chi connectivity index (χ2v) is 9.18. The highest BCUT2D eigenvalue weighted by Crippen LogP contribution is 2.27. The maximum absolute atomic E-state index is 13.4. The average molecular weight is 511 g/mol. The molecule has 1 aliphatic heterocycles. The minimum Gasteiger partial charge on any atom is -0.497 e. The monoisotopic (exact) mass is 510 g/mol. The SMILES string of the molecule is COc1ccc(NC(=O)N(C)C[C@H]2Oc3ncc(C#C[C@H](C)O)cc3C(=O)N([C@@H](C)CO)C[C@@H]2C)cc1. The van der Waals surface area contributed by atoms with Gasteiger partial charge in [0.2, 0.25) is 5.88 Å². The van der Waals surface area contributed by atoms with Crippen molar-refractivity contribution in [2.75, 3.05) is 39.2 Å². The summed E-state index contributed by atoms with van der Waals surface area (Å²) in [6, 6.07) is 7.82. The lowest BCUT2D eigenvalue weighted by molar-refractivity contribution is 0.0356. The summed E-state index contributed by atoms with van der Waals surface area (Å²) in [4.78, 5) is 33.7. The average Bonchev–Trinajstić information content (AvgIpc) is 2.89. The molecule has 37 heavy (non-hydrogen) atoms. The summed E-state index contributed by atoms with van der Waals surface area (Å²) in [5, 5.41) is 22.1. The predicted molar refractivity (Wildman–Crippen MR) is 139 cm³/mol. The summed E-state index contributed by atoms with van der Waals surface area (Å²) in [7, 11) is 3.24. The molecule has 198 valence electrons. The molecular formula is C27H34N4O6. The van der Waals surface area contributed by atoms with Crippen LogP contribution in [0, 0.1) is 17.8 Å². The van der Waals surface area contributed by atoms with Gasteiger partial charge in [-0.1, -0.05) is 18.8 Å². The molecule has 0 radical (unpaired) electrons. The summed E-state index contributed by atoms with van der Waals surface area (Å²) in [6.45, 7) is 5.56. The molecule has 10 nitrogen and oxygen atoms in total. The Balaban J connectivity index is 1.85. The second kappa shape index (κ2) is 12.4. The minimum absolute atomic E-state index is 0.128. The van der Waals surface area contributed by atoms with Gasteiger partial charge in [0.25, 0.3) is 5.91 Å². The lowest BCUT2D eigenvalue weighted by atomic mass is 10.00. The Kier molecular flexibility index (Phi) is 9.33. The minimum atomic E-state index is -0.829. The van der Waals surface area contributed by atoms with Crippen LogP contribution in [0.1, 0.15) is 36.7 Å². The van der Waals surface area contributed by atoms with Crippen molar-refractivity contribution in [3.8, 4) is 23.5 Å². The van der Waals surface area contributed by atoms with Crippen LogP contribution in [-0.2, 0) is 0 Å². The number of benzene rings is 1. The largest absolute Gasteiger partial charge is 0.497 e. The van der Waals surface area contributed by atoms with E-state index in [0.29, 0.717) is 23.5 Å². The summed E-state index contributed by atoms with van der Waals surface area (Å²) >= 11 is 0. The fourth-order valence-corrected chi connectivity index (χ4v) is 3.82. The zero-order valence-electron chi connectivity index (χ0n) is 21.8. The zero-order chi connectivity index (χ0) is 27.1. The van der Waals surface area contributed by atoms with Crippen LogP contribution in [0.2, 0.25) is 0 Å². The Bertz CT molecular complexity index is 1160. The lowest BCUT2D eigenvalue weighted by Gasteiger charge is -2.37. The molecule has 0 unspecified atom stereocenters. The van der Waals surface area contributed by atoms with Crippen molar-refractivity contribution >= 4 is 17.6 Å². The normalized spacial score (nSPS) is 18.7. The van der Waals surface area contributed by atoms with Crippen LogP contribution in [0.4, 0.5) is 10.5 Å². The predicted octanol–water partition coefficient (Wildman–Crippen LogP) is 2.21. The molecule has 0 fully saturated rings. The number of urea groups is 1. The zero-order valence-corrected chi connectivity index (χ0v) is 21.8. The van der Waals surface area contributed by atoms with Crippen molar-refractivity contribution < 1.29 is 29.3 Å². The molecule has 1 aromatic heterocycles. The molecular weight excluding hydrogens is 476 g/mol. The first-order chi connectivity index (χ1) is 17.6. The molecule has 10 heteroatoms. The van der Waals surface area contributed by atoms with Gasteiger partial charge in [0.15, 0.2) is 0 Å². The van der Waals surface area contributed by atoms with Gasteiger partial charge in [0.1, 0.15) is 23.5 Å². The second-order valence-electron chi connectivity index (χ2n) is 9.18. The Hall–Kier alpha value is -3.81. The number of carbonyl (C=O) groups excluding carboxylic acids is 2. The van der Waals surface area contributed by atoms with Crippen LogP contribution in [-0.4, -0.2) is 89.0 Å². The van der Waals surface area contributed by atoms with E-state index in [0.717, 1.165) is 0 Å². The molecule has 1 aromatic carbocycles. The van der Waals surface area contributed by atoms with Crippen molar-refractivity contribution in [1.82, 2.24) is 14.8 Å². The molecule has 3 rings (SSSR count). The topological polar surface area (TPSA) is 124 Å². The van der Waals surface area contributed by atoms with E-state index in [1.54, 1.807) is 63.2 Å². The number of amides is 3. The molecule has 2 heterocycles. The molecule has 0 bridgehead atoms.